The van der Waals surface area contributed by atoms with Crippen molar-refractivity contribution in [1.29, 1.82) is 0 Å². The predicted octanol–water partition coefficient (Wildman–Crippen LogP) is 1.15. The Morgan fingerprint density at radius 2 is 1.71 bits per heavy atom. The van der Waals surface area contributed by atoms with Gasteiger partial charge in [0.2, 0.25) is 4.77 Å². The first-order valence-corrected chi connectivity index (χ1v) is 6.66. The zero-order valence-electron chi connectivity index (χ0n) is 11.5. The lowest BCUT2D eigenvalue weighted by Crippen LogP contribution is -2.37. The number of aromatic nitrogens is 4. The van der Waals surface area contributed by atoms with Gasteiger partial charge < -0.3 is 0 Å². The second kappa shape index (κ2) is 4.78. The van der Waals surface area contributed by atoms with Gasteiger partial charge in [0, 0.05) is 26.0 Å². The van der Waals surface area contributed by atoms with Gasteiger partial charge in [0.1, 0.15) is 0 Å². The molecule has 106 valence electrons. The molecule has 0 aliphatic rings. The van der Waals surface area contributed by atoms with Crippen LogP contribution in [0.15, 0.2) is 46.1 Å². The van der Waals surface area contributed by atoms with E-state index in [2.05, 4.69) is 4.98 Å². The first-order valence-electron chi connectivity index (χ1n) is 6.25. The highest BCUT2D eigenvalue weighted by Crippen LogP contribution is 2.11. The van der Waals surface area contributed by atoms with Gasteiger partial charge in [-0.15, -0.1) is 0 Å². The quantitative estimate of drug-likeness (QED) is 0.633. The number of aryl methyl sites for hydroxylation is 1. The van der Waals surface area contributed by atoms with Crippen molar-refractivity contribution in [2.24, 2.45) is 14.1 Å². The van der Waals surface area contributed by atoms with Crippen LogP contribution in [-0.2, 0) is 14.1 Å². The van der Waals surface area contributed by atoms with Crippen molar-refractivity contribution in [2.75, 3.05) is 0 Å². The third-order valence-electron chi connectivity index (χ3n) is 3.37. The molecule has 0 fully saturated rings. The second-order valence-electron chi connectivity index (χ2n) is 4.67. The number of fused-ring (bicyclic) bond motifs is 1. The van der Waals surface area contributed by atoms with Crippen LogP contribution in [0.4, 0.5) is 0 Å². The molecule has 0 saturated carbocycles. The third kappa shape index (κ3) is 2.02. The second-order valence-corrected chi connectivity index (χ2v) is 5.04. The maximum Gasteiger partial charge on any atom is 0.332 e. The Kier molecular flexibility index (Phi) is 3.06. The highest BCUT2D eigenvalue weighted by molar-refractivity contribution is 7.71. The zero-order chi connectivity index (χ0) is 15.1. The average Bonchev–Trinajstić information content (AvgIpc) is 2.51. The normalized spacial score (nSPS) is 11.0. The van der Waals surface area contributed by atoms with Gasteiger partial charge in [-0.1, -0.05) is 18.2 Å². The van der Waals surface area contributed by atoms with Crippen molar-refractivity contribution in [3.05, 3.63) is 62.1 Å². The van der Waals surface area contributed by atoms with E-state index in [0.717, 1.165) is 10.3 Å². The van der Waals surface area contributed by atoms with E-state index in [1.165, 1.54) is 11.6 Å². The van der Waals surface area contributed by atoms with Crippen LogP contribution in [-0.4, -0.2) is 18.7 Å². The predicted molar refractivity (Wildman–Crippen MR) is 82.4 cm³/mol. The van der Waals surface area contributed by atoms with E-state index in [0.29, 0.717) is 11.0 Å². The summed E-state index contributed by atoms with van der Waals surface area (Å²) in [6, 6.07) is 9.39. The van der Waals surface area contributed by atoms with Crippen LogP contribution in [0.5, 0.6) is 0 Å². The number of benzene rings is 1. The Balaban J connectivity index is 2.48. The van der Waals surface area contributed by atoms with Crippen LogP contribution >= 0.6 is 12.2 Å². The number of para-hydroxylation sites is 1. The average molecular weight is 300 g/mol. The molecule has 7 heteroatoms. The van der Waals surface area contributed by atoms with Gasteiger partial charge in [0.05, 0.1) is 5.39 Å². The summed E-state index contributed by atoms with van der Waals surface area (Å²) in [6.45, 7) is 0. The lowest BCUT2D eigenvalue weighted by Gasteiger charge is -2.10. The Morgan fingerprint density at radius 3 is 2.38 bits per heavy atom. The summed E-state index contributed by atoms with van der Waals surface area (Å²) in [6.07, 6.45) is 1.63. The number of hydrogen-bond donors (Lipinski definition) is 0. The van der Waals surface area contributed by atoms with Gasteiger partial charge in [0.25, 0.3) is 5.56 Å². The molecule has 0 amide bonds. The fraction of sp³-hybridized carbons (Fsp3) is 0.143. The molecular weight excluding hydrogens is 288 g/mol. The Labute approximate surface area is 124 Å². The van der Waals surface area contributed by atoms with E-state index in [-0.39, 0.29) is 10.3 Å². The molecule has 0 bridgehead atoms. The van der Waals surface area contributed by atoms with Crippen LogP contribution in [0.25, 0.3) is 16.7 Å². The van der Waals surface area contributed by atoms with Gasteiger partial charge in [-0.3, -0.25) is 18.5 Å². The SMILES string of the molecule is Cn1c(=O)c2cn(-c3ccccc3)c(=S)nc2n(C)c1=O. The van der Waals surface area contributed by atoms with Crippen molar-refractivity contribution < 1.29 is 0 Å². The summed E-state index contributed by atoms with van der Waals surface area (Å²) < 4.78 is 4.32. The minimum Gasteiger partial charge on any atom is -0.292 e. The number of hydrogen-bond acceptors (Lipinski definition) is 4. The third-order valence-corrected chi connectivity index (χ3v) is 3.66. The van der Waals surface area contributed by atoms with E-state index in [1.807, 2.05) is 30.3 Å². The van der Waals surface area contributed by atoms with E-state index < -0.39 is 5.69 Å². The molecule has 3 aromatic rings. The molecule has 3 rings (SSSR count). The summed E-state index contributed by atoms with van der Waals surface area (Å²) in [4.78, 5) is 28.4. The van der Waals surface area contributed by atoms with Crippen molar-refractivity contribution >= 4 is 23.3 Å². The molecule has 2 aromatic heterocycles. The first-order chi connectivity index (χ1) is 10.0. The fourth-order valence-electron chi connectivity index (χ4n) is 2.21. The molecule has 0 unspecified atom stereocenters. The van der Waals surface area contributed by atoms with Gasteiger partial charge in [-0.05, 0) is 24.4 Å². The maximum atomic E-state index is 12.3. The summed E-state index contributed by atoms with van der Waals surface area (Å²) >= 11 is 5.27. The molecular formula is C14H12N4O2S. The molecule has 2 heterocycles. The molecule has 0 aliphatic heterocycles. The highest BCUT2D eigenvalue weighted by Gasteiger charge is 2.11. The molecule has 21 heavy (non-hydrogen) atoms. The van der Waals surface area contributed by atoms with Gasteiger partial charge in [-0.2, -0.15) is 0 Å². The standard InChI is InChI=1S/C14H12N4O2S/c1-16-11-10(12(19)17(2)14(16)20)8-18(13(21)15-11)9-6-4-3-5-7-9/h3-8H,1-2H3. The van der Waals surface area contributed by atoms with Gasteiger partial charge in [-0.25, -0.2) is 9.78 Å². The topological polar surface area (TPSA) is 61.8 Å². The summed E-state index contributed by atoms with van der Waals surface area (Å²) in [5.74, 6) is 0. The van der Waals surface area contributed by atoms with Gasteiger partial charge in [0.15, 0.2) is 5.65 Å². The summed E-state index contributed by atoms with van der Waals surface area (Å²) in [5, 5.41) is 0.344. The molecule has 0 saturated heterocycles. The molecule has 0 radical (unpaired) electrons. The minimum atomic E-state index is -0.424. The van der Waals surface area contributed by atoms with E-state index in [4.69, 9.17) is 12.2 Å². The van der Waals surface area contributed by atoms with Crippen molar-refractivity contribution in [2.45, 2.75) is 0 Å². The molecule has 1 aromatic carbocycles. The van der Waals surface area contributed by atoms with Crippen molar-refractivity contribution in [3.63, 3.8) is 0 Å². The largest absolute Gasteiger partial charge is 0.332 e. The minimum absolute atomic E-state index is 0.289. The lowest BCUT2D eigenvalue weighted by molar-refractivity contribution is 0.703. The van der Waals surface area contributed by atoms with Crippen molar-refractivity contribution in [3.8, 4) is 5.69 Å². The number of rotatable bonds is 1. The fourth-order valence-corrected chi connectivity index (χ4v) is 2.45. The van der Waals surface area contributed by atoms with Crippen LogP contribution in [0.3, 0.4) is 0 Å². The van der Waals surface area contributed by atoms with Crippen LogP contribution in [0.2, 0.25) is 0 Å². The Hall–Kier alpha value is -2.54. The van der Waals surface area contributed by atoms with Gasteiger partial charge >= 0.3 is 5.69 Å². The first kappa shape index (κ1) is 13.4. The lowest BCUT2D eigenvalue weighted by atomic mass is 10.3. The molecule has 0 spiro atoms. The summed E-state index contributed by atoms with van der Waals surface area (Å²) in [7, 11) is 3.01. The van der Waals surface area contributed by atoms with E-state index in [1.54, 1.807) is 17.8 Å². The highest BCUT2D eigenvalue weighted by atomic mass is 32.1. The molecule has 0 atom stereocenters. The molecule has 6 nitrogen and oxygen atoms in total. The smallest absolute Gasteiger partial charge is 0.292 e. The van der Waals surface area contributed by atoms with Crippen LogP contribution in [0.1, 0.15) is 0 Å². The molecule has 0 aliphatic carbocycles. The monoisotopic (exact) mass is 300 g/mol. The maximum absolute atomic E-state index is 12.3. The van der Waals surface area contributed by atoms with Crippen molar-refractivity contribution in [1.82, 2.24) is 18.7 Å². The van der Waals surface area contributed by atoms with E-state index in [9.17, 15) is 9.59 Å². The Bertz CT molecular complexity index is 1020. The zero-order valence-corrected chi connectivity index (χ0v) is 12.3. The Morgan fingerprint density at radius 1 is 1.05 bits per heavy atom. The number of nitrogens with zero attached hydrogens (tertiary/aromatic N) is 4. The molecule has 0 N–H and O–H groups in total. The summed E-state index contributed by atoms with van der Waals surface area (Å²) in [5.41, 5.74) is 0.292. The van der Waals surface area contributed by atoms with Crippen LogP contribution in [0, 0.1) is 4.77 Å². The van der Waals surface area contributed by atoms with E-state index >= 15 is 0 Å². The van der Waals surface area contributed by atoms with Crippen LogP contribution < -0.4 is 11.2 Å².